The van der Waals surface area contributed by atoms with Gasteiger partial charge in [0.05, 0.1) is 21.6 Å². The smallest absolute Gasteiger partial charge is 0.272 e. The molecule has 0 bridgehead atoms. The van der Waals surface area contributed by atoms with Gasteiger partial charge < -0.3 is 10.6 Å². The number of nitrogens with one attached hydrogen (secondary N) is 2. The van der Waals surface area contributed by atoms with Crippen molar-refractivity contribution in [1.29, 1.82) is 0 Å². The number of para-hydroxylation sites is 2. The molecule has 0 saturated carbocycles. The van der Waals surface area contributed by atoms with Gasteiger partial charge in [-0.15, -0.1) is 0 Å². The Morgan fingerprint density at radius 3 is 2.48 bits per heavy atom. The van der Waals surface area contributed by atoms with Crippen LogP contribution >= 0.6 is 11.3 Å². The average Bonchev–Trinajstić information content (AvgIpc) is 3.10. The van der Waals surface area contributed by atoms with Gasteiger partial charge >= 0.3 is 0 Å². The van der Waals surface area contributed by atoms with Crippen LogP contribution in [0.3, 0.4) is 0 Å². The molecule has 1 aliphatic heterocycles. The summed E-state index contributed by atoms with van der Waals surface area (Å²) in [6, 6.07) is 25.6. The van der Waals surface area contributed by atoms with Crippen molar-refractivity contribution >= 4 is 44.0 Å². The lowest BCUT2D eigenvalue weighted by molar-refractivity contribution is -0.119. The first-order chi connectivity index (χ1) is 14.1. The number of benzene rings is 3. The molecule has 0 fully saturated rings. The fraction of sp³-hybridized carbons (Fsp3) is 0.0870. The van der Waals surface area contributed by atoms with E-state index >= 15 is 0 Å². The Bertz CT molecular complexity index is 1210. The molecular weight excluding hydrogens is 380 g/mol. The molecule has 1 aromatic heterocycles. The lowest BCUT2D eigenvalue weighted by atomic mass is 10.0. The van der Waals surface area contributed by atoms with Gasteiger partial charge in [-0.25, -0.2) is 9.98 Å². The number of thiazole rings is 1. The molecular formula is C23H18N4OS. The average molecular weight is 398 g/mol. The minimum atomic E-state index is -1.21. The largest absolute Gasteiger partial charge is 0.330 e. The van der Waals surface area contributed by atoms with Crippen LogP contribution in [0.4, 0.5) is 10.8 Å². The predicted molar refractivity (Wildman–Crippen MR) is 119 cm³/mol. The predicted octanol–water partition coefficient (Wildman–Crippen LogP) is 4.91. The second-order valence-corrected chi connectivity index (χ2v) is 8.04. The minimum Gasteiger partial charge on any atom is -0.330 e. The highest BCUT2D eigenvalue weighted by atomic mass is 32.1. The molecule has 1 aliphatic rings. The van der Waals surface area contributed by atoms with E-state index in [2.05, 4.69) is 15.6 Å². The number of anilines is 2. The second kappa shape index (κ2) is 6.83. The molecule has 0 saturated heterocycles. The minimum absolute atomic E-state index is 0.227. The number of rotatable bonds is 3. The Hall–Kier alpha value is -3.51. The molecule has 0 radical (unpaired) electrons. The Balaban J connectivity index is 1.64. The molecule has 3 aromatic carbocycles. The fourth-order valence-corrected chi connectivity index (χ4v) is 4.38. The number of amides is 1. The zero-order valence-electron chi connectivity index (χ0n) is 15.7. The number of carbonyl (C=O) groups is 1. The summed E-state index contributed by atoms with van der Waals surface area (Å²) in [7, 11) is 0. The maximum absolute atomic E-state index is 13.2. The Kier molecular flexibility index (Phi) is 4.14. The number of hydrogen-bond acceptors (Lipinski definition) is 5. The molecule has 142 valence electrons. The molecule has 29 heavy (non-hydrogen) atoms. The Morgan fingerprint density at radius 1 is 0.931 bits per heavy atom. The van der Waals surface area contributed by atoms with Crippen LogP contribution in [0.5, 0.6) is 0 Å². The number of benzodiazepines with no additional fused rings is 1. The number of aromatic nitrogens is 1. The van der Waals surface area contributed by atoms with Crippen molar-refractivity contribution in [3.8, 4) is 0 Å². The van der Waals surface area contributed by atoms with Crippen molar-refractivity contribution in [2.45, 2.75) is 12.6 Å². The Morgan fingerprint density at radius 2 is 1.66 bits per heavy atom. The van der Waals surface area contributed by atoms with Crippen LogP contribution in [0.15, 0.2) is 83.9 Å². The summed E-state index contributed by atoms with van der Waals surface area (Å²) in [6.45, 7) is 1.78. The highest BCUT2D eigenvalue weighted by Crippen LogP contribution is 2.32. The molecule has 0 aliphatic carbocycles. The molecule has 0 spiro atoms. The zero-order valence-corrected chi connectivity index (χ0v) is 16.5. The van der Waals surface area contributed by atoms with Gasteiger partial charge in [-0.05, 0) is 25.1 Å². The number of carbonyl (C=O) groups excluding carboxylic acids is 1. The third kappa shape index (κ3) is 3.17. The molecule has 6 heteroatoms. The van der Waals surface area contributed by atoms with E-state index in [0.717, 1.165) is 32.7 Å². The summed E-state index contributed by atoms with van der Waals surface area (Å²) in [5.41, 5.74) is 3.03. The van der Waals surface area contributed by atoms with Crippen LogP contribution in [0.1, 0.15) is 18.1 Å². The van der Waals surface area contributed by atoms with Gasteiger partial charge in [-0.2, -0.15) is 0 Å². The monoisotopic (exact) mass is 398 g/mol. The number of hydrogen-bond donors (Lipinski definition) is 2. The third-order valence-electron chi connectivity index (χ3n) is 4.90. The number of fused-ring (bicyclic) bond motifs is 2. The van der Waals surface area contributed by atoms with E-state index in [9.17, 15) is 4.79 Å². The van der Waals surface area contributed by atoms with Crippen molar-refractivity contribution in [2.75, 3.05) is 10.6 Å². The number of aliphatic imine (C=N–C) groups is 1. The van der Waals surface area contributed by atoms with E-state index in [1.165, 1.54) is 11.3 Å². The molecule has 1 atom stereocenters. The van der Waals surface area contributed by atoms with E-state index in [1.807, 2.05) is 78.9 Å². The normalized spacial score (nSPS) is 18.5. The highest BCUT2D eigenvalue weighted by Gasteiger charge is 2.37. The summed E-state index contributed by atoms with van der Waals surface area (Å²) in [6.07, 6.45) is 0. The van der Waals surface area contributed by atoms with E-state index in [0.29, 0.717) is 5.13 Å². The zero-order chi connectivity index (χ0) is 19.8. The summed E-state index contributed by atoms with van der Waals surface area (Å²) in [5.74, 6) is -0.227. The first-order valence-electron chi connectivity index (χ1n) is 9.32. The fourth-order valence-electron chi connectivity index (χ4n) is 3.41. The topological polar surface area (TPSA) is 66.4 Å². The van der Waals surface area contributed by atoms with E-state index < -0.39 is 5.66 Å². The van der Waals surface area contributed by atoms with Crippen LogP contribution in [-0.2, 0) is 4.79 Å². The summed E-state index contributed by atoms with van der Waals surface area (Å²) in [4.78, 5) is 22.7. The molecule has 2 N–H and O–H groups in total. The molecule has 5 nitrogen and oxygen atoms in total. The molecule has 5 rings (SSSR count). The lowest BCUT2D eigenvalue weighted by Gasteiger charge is -2.24. The summed E-state index contributed by atoms with van der Waals surface area (Å²) < 4.78 is 1.06. The van der Waals surface area contributed by atoms with Crippen LogP contribution in [0.2, 0.25) is 0 Å². The summed E-state index contributed by atoms with van der Waals surface area (Å²) >= 11 is 1.51. The quantitative estimate of drug-likeness (QED) is 0.515. The SMILES string of the molecule is CC1(Nc2nc3ccccc3s2)N=C(c2ccccc2)c2ccccc2NC1=O. The van der Waals surface area contributed by atoms with Gasteiger partial charge in [-0.3, -0.25) is 4.79 Å². The van der Waals surface area contributed by atoms with Crippen molar-refractivity contribution in [2.24, 2.45) is 4.99 Å². The number of nitrogens with zero attached hydrogens (tertiary/aromatic N) is 2. The highest BCUT2D eigenvalue weighted by molar-refractivity contribution is 7.22. The second-order valence-electron chi connectivity index (χ2n) is 7.01. The molecule has 1 unspecified atom stereocenters. The maximum Gasteiger partial charge on any atom is 0.272 e. The van der Waals surface area contributed by atoms with Crippen molar-refractivity contribution in [3.05, 3.63) is 90.0 Å². The standard InChI is InChI=1S/C23H18N4OS/c1-23(27-22-25-18-13-7-8-14-19(18)29-22)21(28)24-17-12-6-5-11-16(17)20(26-23)15-9-3-2-4-10-15/h2-14H,1H3,(H,24,28)(H,25,27). The van der Waals surface area contributed by atoms with Gasteiger partial charge in [0.25, 0.3) is 5.91 Å². The van der Waals surface area contributed by atoms with Gasteiger partial charge in [-0.1, -0.05) is 72.0 Å². The van der Waals surface area contributed by atoms with Crippen molar-refractivity contribution in [1.82, 2.24) is 4.98 Å². The third-order valence-corrected chi connectivity index (χ3v) is 5.85. The molecule has 1 amide bonds. The van der Waals surface area contributed by atoms with Gasteiger partial charge in [0.15, 0.2) is 5.13 Å². The van der Waals surface area contributed by atoms with Crippen LogP contribution in [-0.4, -0.2) is 22.3 Å². The lowest BCUT2D eigenvalue weighted by Crippen LogP contribution is -2.45. The summed E-state index contributed by atoms with van der Waals surface area (Å²) in [5, 5.41) is 6.96. The molecule has 4 aromatic rings. The molecule has 2 heterocycles. The van der Waals surface area contributed by atoms with Crippen LogP contribution < -0.4 is 10.6 Å². The van der Waals surface area contributed by atoms with Crippen molar-refractivity contribution < 1.29 is 4.79 Å². The van der Waals surface area contributed by atoms with E-state index in [-0.39, 0.29) is 5.91 Å². The van der Waals surface area contributed by atoms with E-state index in [1.54, 1.807) is 6.92 Å². The first-order valence-corrected chi connectivity index (χ1v) is 10.1. The maximum atomic E-state index is 13.2. The van der Waals surface area contributed by atoms with Gasteiger partial charge in [0, 0.05) is 11.1 Å². The van der Waals surface area contributed by atoms with Gasteiger partial charge in [0.1, 0.15) is 0 Å². The van der Waals surface area contributed by atoms with E-state index in [4.69, 9.17) is 4.99 Å². The van der Waals surface area contributed by atoms with Gasteiger partial charge in [0.2, 0.25) is 5.66 Å². The Labute approximate surface area is 172 Å². The van der Waals surface area contributed by atoms with Crippen LogP contribution in [0.25, 0.3) is 10.2 Å². The van der Waals surface area contributed by atoms with Crippen LogP contribution in [0, 0.1) is 0 Å². The first kappa shape index (κ1) is 17.6. The van der Waals surface area contributed by atoms with Crippen molar-refractivity contribution in [3.63, 3.8) is 0 Å².